The molecule has 0 aliphatic heterocycles. The van der Waals surface area contributed by atoms with Crippen LogP contribution in [0.1, 0.15) is 11.1 Å². The van der Waals surface area contributed by atoms with Crippen molar-refractivity contribution in [1.82, 2.24) is 4.72 Å². The maximum absolute atomic E-state index is 12.4. The number of nitrogens with one attached hydrogen (secondary N) is 2. The Morgan fingerprint density at radius 2 is 1.87 bits per heavy atom. The molecule has 0 atom stereocenters. The van der Waals surface area contributed by atoms with Gasteiger partial charge in [0.25, 0.3) is 0 Å². The van der Waals surface area contributed by atoms with Crippen LogP contribution in [0.25, 0.3) is 6.08 Å². The molecule has 0 radical (unpaired) electrons. The van der Waals surface area contributed by atoms with Crippen molar-refractivity contribution in [1.29, 1.82) is 0 Å². The molecule has 0 aromatic heterocycles. The SMILES string of the molecule is C=CCNS(=O)(=O)Cc1ccc(NC(=O)/C=C/c2ccc(OC(F)F)c(OC)c2)cc1. The van der Waals surface area contributed by atoms with Crippen LogP contribution in [0, 0.1) is 0 Å². The second-order valence-corrected chi connectivity index (χ2v) is 8.01. The predicted octanol–water partition coefficient (Wildman–Crippen LogP) is 3.55. The smallest absolute Gasteiger partial charge is 0.387 e. The molecule has 0 unspecified atom stereocenters. The second-order valence-electron chi connectivity index (χ2n) is 6.20. The summed E-state index contributed by atoms with van der Waals surface area (Å²) in [5.41, 5.74) is 1.58. The van der Waals surface area contributed by atoms with Crippen LogP contribution < -0.4 is 19.5 Å². The Bertz CT molecular complexity index is 1040. The van der Waals surface area contributed by atoms with E-state index in [1.807, 2.05) is 0 Å². The molecule has 2 aromatic rings. The van der Waals surface area contributed by atoms with Crippen LogP contribution in [0.4, 0.5) is 14.5 Å². The third-order valence-corrected chi connectivity index (χ3v) is 5.18. The van der Waals surface area contributed by atoms with E-state index in [-0.39, 0.29) is 23.8 Å². The fourth-order valence-electron chi connectivity index (χ4n) is 2.48. The third-order valence-electron chi connectivity index (χ3n) is 3.86. The van der Waals surface area contributed by atoms with Crippen LogP contribution >= 0.6 is 0 Å². The van der Waals surface area contributed by atoms with Gasteiger partial charge in [0.1, 0.15) is 0 Å². The number of hydrogen-bond acceptors (Lipinski definition) is 5. The van der Waals surface area contributed by atoms with Gasteiger partial charge in [-0.25, -0.2) is 13.1 Å². The monoisotopic (exact) mass is 452 g/mol. The molecule has 0 saturated heterocycles. The lowest BCUT2D eigenvalue weighted by molar-refractivity contribution is -0.111. The Morgan fingerprint density at radius 3 is 2.48 bits per heavy atom. The highest BCUT2D eigenvalue weighted by atomic mass is 32.2. The van der Waals surface area contributed by atoms with Crippen molar-refractivity contribution in [2.45, 2.75) is 12.4 Å². The van der Waals surface area contributed by atoms with E-state index >= 15 is 0 Å². The molecule has 0 saturated carbocycles. The average molecular weight is 452 g/mol. The highest BCUT2D eigenvalue weighted by Gasteiger charge is 2.11. The maximum atomic E-state index is 12.4. The number of rotatable bonds is 11. The van der Waals surface area contributed by atoms with Gasteiger partial charge in [-0.15, -0.1) is 6.58 Å². The van der Waals surface area contributed by atoms with Crippen LogP contribution in [0.5, 0.6) is 11.5 Å². The number of sulfonamides is 1. The first-order chi connectivity index (χ1) is 14.7. The van der Waals surface area contributed by atoms with E-state index in [0.717, 1.165) is 0 Å². The number of alkyl halides is 2. The molecular formula is C21H22F2N2O5S. The molecular weight excluding hydrogens is 430 g/mol. The van der Waals surface area contributed by atoms with Crippen LogP contribution in [0.2, 0.25) is 0 Å². The molecule has 2 aromatic carbocycles. The lowest BCUT2D eigenvalue weighted by atomic mass is 10.2. The van der Waals surface area contributed by atoms with Crippen molar-refractivity contribution in [3.05, 3.63) is 72.3 Å². The summed E-state index contributed by atoms with van der Waals surface area (Å²) in [4.78, 5) is 12.1. The van der Waals surface area contributed by atoms with E-state index in [0.29, 0.717) is 16.8 Å². The average Bonchev–Trinajstić information content (AvgIpc) is 2.72. The summed E-state index contributed by atoms with van der Waals surface area (Å²) in [6.07, 6.45) is 4.20. The summed E-state index contributed by atoms with van der Waals surface area (Å²) >= 11 is 0. The van der Waals surface area contributed by atoms with Gasteiger partial charge in [-0.2, -0.15) is 8.78 Å². The normalized spacial score (nSPS) is 11.5. The van der Waals surface area contributed by atoms with Crippen LogP contribution in [-0.2, 0) is 20.6 Å². The molecule has 31 heavy (non-hydrogen) atoms. The number of carbonyl (C=O) groups excluding carboxylic acids is 1. The number of hydrogen-bond donors (Lipinski definition) is 2. The number of methoxy groups -OCH3 is 1. The molecule has 2 N–H and O–H groups in total. The van der Waals surface area contributed by atoms with Gasteiger partial charge in [-0.1, -0.05) is 24.3 Å². The number of ether oxygens (including phenoxy) is 2. The van der Waals surface area contributed by atoms with E-state index in [4.69, 9.17) is 4.74 Å². The van der Waals surface area contributed by atoms with E-state index < -0.39 is 22.5 Å². The van der Waals surface area contributed by atoms with E-state index in [1.54, 1.807) is 24.3 Å². The Kier molecular flexibility index (Phi) is 8.71. The topological polar surface area (TPSA) is 93.7 Å². The molecule has 166 valence electrons. The van der Waals surface area contributed by atoms with Crippen molar-refractivity contribution in [2.24, 2.45) is 0 Å². The fourth-order valence-corrected chi connectivity index (χ4v) is 3.58. The van der Waals surface area contributed by atoms with Gasteiger partial charge in [0.05, 0.1) is 12.9 Å². The quantitative estimate of drug-likeness (QED) is 0.402. The second kappa shape index (κ2) is 11.2. The minimum atomic E-state index is -3.47. The molecule has 0 aliphatic carbocycles. The Balaban J connectivity index is 1.98. The van der Waals surface area contributed by atoms with Crippen molar-refractivity contribution < 1.29 is 31.5 Å². The zero-order valence-electron chi connectivity index (χ0n) is 16.7. The highest BCUT2D eigenvalue weighted by Crippen LogP contribution is 2.29. The number of benzene rings is 2. The summed E-state index contributed by atoms with van der Waals surface area (Å²) < 4.78 is 60.2. The Hall–Kier alpha value is -3.24. The van der Waals surface area contributed by atoms with Crippen molar-refractivity contribution in [3.8, 4) is 11.5 Å². The van der Waals surface area contributed by atoms with Gasteiger partial charge < -0.3 is 14.8 Å². The zero-order chi connectivity index (χ0) is 22.9. The van der Waals surface area contributed by atoms with Crippen molar-refractivity contribution >= 4 is 27.7 Å². The minimum Gasteiger partial charge on any atom is -0.493 e. The van der Waals surface area contributed by atoms with Gasteiger partial charge >= 0.3 is 6.61 Å². The first kappa shape index (κ1) is 24.0. The van der Waals surface area contributed by atoms with Crippen molar-refractivity contribution in [2.75, 3.05) is 19.0 Å². The van der Waals surface area contributed by atoms with Crippen LogP contribution in [-0.4, -0.2) is 34.6 Å². The van der Waals surface area contributed by atoms with E-state index in [2.05, 4.69) is 21.4 Å². The lowest BCUT2D eigenvalue weighted by Crippen LogP contribution is -2.25. The third kappa shape index (κ3) is 8.19. The summed E-state index contributed by atoms with van der Waals surface area (Å²) in [6.45, 7) is 0.629. The molecule has 7 nitrogen and oxygen atoms in total. The van der Waals surface area contributed by atoms with Gasteiger partial charge in [0.15, 0.2) is 11.5 Å². The molecule has 0 bridgehead atoms. The van der Waals surface area contributed by atoms with Gasteiger partial charge in [0.2, 0.25) is 15.9 Å². The lowest BCUT2D eigenvalue weighted by Gasteiger charge is -2.10. The van der Waals surface area contributed by atoms with Crippen molar-refractivity contribution in [3.63, 3.8) is 0 Å². The van der Waals surface area contributed by atoms with Gasteiger partial charge in [-0.05, 0) is 41.5 Å². The molecule has 2 rings (SSSR count). The van der Waals surface area contributed by atoms with Gasteiger partial charge in [-0.3, -0.25) is 4.79 Å². The van der Waals surface area contributed by atoms with Gasteiger partial charge in [0, 0.05) is 18.3 Å². The number of anilines is 1. The van der Waals surface area contributed by atoms with Crippen LogP contribution in [0.3, 0.4) is 0 Å². The number of carbonyl (C=O) groups is 1. The summed E-state index contributed by atoms with van der Waals surface area (Å²) in [7, 11) is -2.15. The largest absolute Gasteiger partial charge is 0.493 e. The molecule has 0 fully saturated rings. The molecule has 1 amide bonds. The molecule has 0 spiro atoms. The molecule has 10 heteroatoms. The fraction of sp³-hybridized carbons (Fsp3) is 0.190. The summed E-state index contributed by atoms with van der Waals surface area (Å²) in [6, 6.07) is 10.6. The zero-order valence-corrected chi connectivity index (χ0v) is 17.5. The van der Waals surface area contributed by atoms with E-state index in [9.17, 15) is 22.0 Å². The minimum absolute atomic E-state index is 0.107. The standard InChI is InChI=1S/C21H22F2N2O5S/c1-3-12-24-31(27,28)14-16-4-8-17(9-5-16)25-20(26)11-7-15-6-10-18(30-21(22)23)19(13-15)29-2/h3-11,13,21,24H,1,12,14H2,2H3,(H,25,26)/b11-7+. The van der Waals surface area contributed by atoms with E-state index in [1.165, 1.54) is 43.5 Å². The Labute approximate surface area is 179 Å². The predicted molar refractivity (Wildman–Crippen MR) is 115 cm³/mol. The first-order valence-corrected chi connectivity index (χ1v) is 10.7. The summed E-state index contributed by atoms with van der Waals surface area (Å²) in [5.74, 6) is -0.626. The number of halogens is 2. The molecule has 0 aliphatic rings. The van der Waals surface area contributed by atoms with Crippen LogP contribution in [0.15, 0.2) is 61.2 Å². The highest BCUT2D eigenvalue weighted by molar-refractivity contribution is 7.88. The number of amides is 1. The first-order valence-electron chi connectivity index (χ1n) is 9.01. The molecule has 0 heterocycles. The maximum Gasteiger partial charge on any atom is 0.387 e. The Morgan fingerprint density at radius 1 is 1.16 bits per heavy atom. The summed E-state index contributed by atoms with van der Waals surface area (Å²) in [5, 5.41) is 2.64.